The predicted molar refractivity (Wildman–Crippen MR) is 86.0 cm³/mol. The van der Waals surface area contributed by atoms with E-state index in [1.807, 2.05) is 36.1 Å². The van der Waals surface area contributed by atoms with E-state index in [2.05, 4.69) is 33.0 Å². The SMILES string of the molecule is Cc1cccc(C(=O)N(Cc2cccc(Br)c2)C2CC2)n1. The topological polar surface area (TPSA) is 33.2 Å². The molecule has 0 aliphatic heterocycles. The minimum absolute atomic E-state index is 0.0289. The lowest BCUT2D eigenvalue weighted by atomic mass is 10.2. The van der Waals surface area contributed by atoms with Crippen LogP contribution >= 0.6 is 15.9 Å². The number of carbonyl (C=O) groups excluding carboxylic acids is 1. The first-order valence-corrected chi connectivity index (χ1v) is 7.92. The minimum atomic E-state index is 0.0289. The zero-order valence-corrected chi connectivity index (χ0v) is 13.5. The fourth-order valence-electron chi connectivity index (χ4n) is 2.39. The van der Waals surface area contributed by atoms with Gasteiger partial charge in [-0.2, -0.15) is 0 Å². The van der Waals surface area contributed by atoms with Crippen LogP contribution in [0.5, 0.6) is 0 Å². The summed E-state index contributed by atoms with van der Waals surface area (Å²) in [5.41, 5.74) is 2.55. The molecule has 1 saturated carbocycles. The van der Waals surface area contributed by atoms with Crippen molar-refractivity contribution < 1.29 is 4.79 Å². The van der Waals surface area contributed by atoms with Crippen molar-refractivity contribution in [2.24, 2.45) is 0 Å². The van der Waals surface area contributed by atoms with E-state index in [1.165, 1.54) is 0 Å². The molecule has 21 heavy (non-hydrogen) atoms. The zero-order valence-electron chi connectivity index (χ0n) is 11.9. The first-order valence-electron chi connectivity index (χ1n) is 7.12. The molecule has 1 amide bonds. The second-order valence-electron chi connectivity index (χ2n) is 5.46. The summed E-state index contributed by atoms with van der Waals surface area (Å²) in [6, 6.07) is 14.1. The quantitative estimate of drug-likeness (QED) is 0.840. The molecule has 0 atom stereocenters. The monoisotopic (exact) mass is 344 g/mol. The molecule has 0 radical (unpaired) electrons. The van der Waals surface area contributed by atoms with Crippen LogP contribution in [-0.2, 0) is 6.54 Å². The second-order valence-corrected chi connectivity index (χ2v) is 6.37. The van der Waals surface area contributed by atoms with Crippen molar-refractivity contribution >= 4 is 21.8 Å². The number of amides is 1. The van der Waals surface area contributed by atoms with Crippen molar-refractivity contribution in [3.05, 3.63) is 63.9 Å². The fraction of sp³-hybridized carbons (Fsp3) is 0.294. The van der Waals surface area contributed by atoms with Gasteiger partial charge in [0.05, 0.1) is 0 Å². The van der Waals surface area contributed by atoms with Gasteiger partial charge in [-0.05, 0) is 49.6 Å². The molecule has 1 aromatic heterocycles. The van der Waals surface area contributed by atoms with Gasteiger partial charge in [0.2, 0.25) is 0 Å². The molecule has 1 aliphatic carbocycles. The number of aromatic nitrogens is 1. The molecule has 4 heteroatoms. The number of nitrogens with zero attached hydrogens (tertiary/aromatic N) is 2. The van der Waals surface area contributed by atoms with E-state index in [1.54, 1.807) is 6.07 Å². The maximum absolute atomic E-state index is 12.7. The molecule has 0 N–H and O–H groups in total. The molecule has 3 nitrogen and oxygen atoms in total. The largest absolute Gasteiger partial charge is 0.330 e. The summed E-state index contributed by atoms with van der Waals surface area (Å²) in [4.78, 5) is 19.0. The highest BCUT2D eigenvalue weighted by Gasteiger charge is 2.33. The average Bonchev–Trinajstić information content (AvgIpc) is 3.29. The normalized spacial score (nSPS) is 14.0. The summed E-state index contributed by atoms with van der Waals surface area (Å²) in [7, 11) is 0. The Morgan fingerprint density at radius 2 is 2.05 bits per heavy atom. The smallest absolute Gasteiger partial charge is 0.273 e. The van der Waals surface area contributed by atoms with E-state index in [0.29, 0.717) is 18.3 Å². The lowest BCUT2D eigenvalue weighted by molar-refractivity contribution is 0.0723. The summed E-state index contributed by atoms with van der Waals surface area (Å²) < 4.78 is 1.04. The summed E-state index contributed by atoms with van der Waals surface area (Å²) in [5.74, 6) is 0.0289. The molecule has 0 spiro atoms. The van der Waals surface area contributed by atoms with Gasteiger partial charge < -0.3 is 4.90 Å². The number of rotatable bonds is 4. The fourth-order valence-corrected chi connectivity index (χ4v) is 2.84. The van der Waals surface area contributed by atoms with Gasteiger partial charge in [-0.3, -0.25) is 4.79 Å². The van der Waals surface area contributed by atoms with Crippen LogP contribution in [0.3, 0.4) is 0 Å². The highest BCUT2D eigenvalue weighted by atomic mass is 79.9. The van der Waals surface area contributed by atoms with Crippen molar-refractivity contribution in [3.63, 3.8) is 0 Å². The van der Waals surface area contributed by atoms with Crippen molar-refractivity contribution in [1.29, 1.82) is 0 Å². The van der Waals surface area contributed by atoms with Gasteiger partial charge in [0.1, 0.15) is 5.69 Å². The first-order chi connectivity index (χ1) is 10.1. The zero-order chi connectivity index (χ0) is 14.8. The molecule has 0 bridgehead atoms. The van der Waals surface area contributed by atoms with E-state index in [9.17, 15) is 4.79 Å². The standard InChI is InChI=1S/C17H17BrN2O/c1-12-4-2-7-16(19-12)17(21)20(15-8-9-15)11-13-5-3-6-14(18)10-13/h2-7,10,15H,8-9,11H2,1H3. The summed E-state index contributed by atoms with van der Waals surface area (Å²) in [6.07, 6.45) is 2.18. The van der Waals surface area contributed by atoms with E-state index >= 15 is 0 Å². The summed E-state index contributed by atoms with van der Waals surface area (Å²) in [5, 5.41) is 0. The Morgan fingerprint density at radius 1 is 1.29 bits per heavy atom. The third-order valence-corrected chi connectivity index (χ3v) is 4.09. The Morgan fingerprint density at radius 3 is 2.71 bits per heavy atom. The number of aryl methyl sites for hydroxylation is 1. The van der Waals surface area contributed by atoms with Crippen LogP contribution in [0.1, 0.15) is 34.6 Å². The van der Waals surface area contributed by atoms with Crippen molar-refractivity contribution in [3.8, 4) is 0 Å². The molecular weight excluding hydrogens is 328 g/mol. The van der Waals surface area contributed by atoms with Crippen LogP contribution in [0, 0.1) is 6.92 Å². The van der Waals surface area contributed by atoms with Crippen LogP contribution in [0.2, 0.25) is 0 Å². The third-order valence-electron chi connectivity index (χ3n) is 3.60. The van der Waals surface area contributed by atoms with Crippen LogP contribution in [0.25, 0.3) is 0 Å². The molecule has 1 aliphatic rings. The highest BCUT2D eigenvalue weighted by molar-refractivity contribution is 9.10. The number of pyridine rings is 1. The third kappa shape index (κ3) is 3.50. The van der Waals surface area contributed by atoms with E-state index in [-0.39, 0.29) is 5.91 Å². The highest BCUT2D eigenvalue weighted by Crippen LogP contribution is 2.30. The minimum Gasteiger partial charge on any atom is -0.330 e. The molecule has 2 aromatic rings. The maximum atomic E-state index is 12.7. The predicted octanol–water partition coefficient (Wildman–Crippen LogP) is 3.96. The summed E-state index contributed by atoms with van der Waals surface area (Å²) >= 11 is 3.48. The van der Waals surface area contributed by atoms with Crippen LogP contribution in [0.15, 0.2) is 46.9 Å². The average molecular weight is 345 g/mol. The lowest BCUT2D eigenvalue weighted by Gasteiger charge is -2.22. The van der Waals surface area contributed by atoms with E-state index in [4.69, 9.17) is 0 Å². The van der Waals surface area contributed by atoms with Gasteiger partial charge in [-0.1, -0.05) is 34.1 Å². The van der Waals surface area contributed by atoms with Crippen LogP contribution in [-0.4, -0.2) is 21.8 Å². The number of hydrogen-bond acceptors (Lipinski definition) is 2. The Bertz CT molecular complexity index is 667. The number of carbonyl (C=O) groups is 1. The molecule has 1 aromatic carbocycles. The first kappa shape index (κ1) is 14.3. The van der Waals surface area contributed by atoms with Gasteiger partial charge in [0.25, 0.3) is 5.91 Å². The Kier molecular flexibility index (Phi) is 4.06. The molecule has 3 rings (SSSR count). The van der Waals surface area contributed by atoms with Crippen LogP contribution in [0.4, 0.5) is 0 Å². The van der Waals surface area contributed by atoms with E-state index < -0.39 is 0 Å². The molecule has 108 valence electrons. The Hall–Kier alpha value is -1.68. The van der Waals surface area contributed by atoms with Gasteiger partial charge >= 0.3 is 0 Å². The van der Waals surface area contributed by atoms with Crippen molar-refractivity contribution in [2.45, 2.75) is 32.4 Å². The Labute approximate surface area is 133 Å². The molecule has 0 saturated heterocycles. The second kappa shape index (κ2) is 5.98. The van der Waals surface area contributed by atoms with Gasteiger partial charge in [0.15, 0.2) is 0 Å². The summed E-state index contributed by atoms with van der Waals surface area (Å²) in [6.45, 7) is 2.55. The number of hydrogen-bond donors (Lipinski definition) is 0. The van der Waals surface area contributed by atoms with Crippen LogP contribution < -0.4 is 0 Å². The number of halogens is 1. The lowest BCUT2D eigenvalue weighted by Crippen LogP contribution is -2.33. The number of benzene rings is 1. The van der Waals surface area contributed by atoms with Gasteiger partial charge in [0, 0.05) is 22.8 Å². The van der Waals surface area contributed by atoms with E-state index in [0.717, 1.165) is 28.6 Å². The van der Waals surface area contributed by atoms with Crippen molar-refractivity contribution in [2.75, 3.05) is 0 Å². The van der Waals surface area contributed by atoms with Crippen molar-refractivity contribution in [1.82, 2.24) is 9.88 Å². The molecule has 1 heterocycles. The van der Waals surface area contributed by atoms with Gasteiger partial charge in [-0.15, -0.1) is 0 Å². The molecule has 0 unspecified atom stereocenters. The van der Waals surface area contributed by atoms with Gasteiger partial charge in [-0.25, -0.2) is 4.98 Å². The maximum Gasteiger partial charge on any atom is 0.273 e. The molecular formula is C17H17BrN2O. The molecule has 1 fully saturated rings. The Balaban J connectivity index is 1.83.